The van der Waals surface area contributed by atoms with Crippen molar-refractivity contribution in [2.75, 3.05) is 26.4 Å². The zero-order valence-electron chi connectivity index (χ0n) is 63.7. The number of phosphoric ester groups is 1. The van der Waals surface area contributed by atoms with Crippen LogP contribution < -0.4 is 5.73 Å². The molecule has 0 spiro atoms. The lowest BCUT2D eigenvalue weighted by atomic mass is 10.0. The van der Waals surface area contributed by atoms with Gasteiger partial charge in [-0.2, -0.15) is 0 Å². The Labute approximate surface area is 610 Å². The maximum atomic E-state index is 12.8. The van der Waals surface area contributed by atoms with E-state index in [0.717, 1.165) is 135 Å². The van der Waals surface area contributed by atoms with E-state index in [2.05, 4.69) is 184 Å². The molecule has 0 heterocycles. The molecule has 0 amide bonds. The highest BCUT2D eigenvalue weighted by Crippen LogP contribution is 2.43. The first-order valence-corrected chi connectivity index (χ1v) is 42.1. The lowest BCUT2D eigenvalue weighted by Gasteiger charge is -2.19. The van der Waals surface area contributed by atoms with E-state index in [1.54, 1.807) is 0 Å². The minimum absolute atomic E-state index is 0.0469. The molecule has 3 N–H and O–H groups in total. The molecule has 10 heteroatoms. The minimum atomic E-state index is -4.41. The molecule has 0 aromatic carbocycles. The van der Waals surface area contributed by atoms with Crippen LogP contribution in [0.25, 0.3) is 0 Å². The van der Waals surface area contributed by atoms with Crippen LogP contribution in [0.15, 0.2) is 170 Å². The van der Waals surface area contributed by atoms with Crippen molar-refractivity contribution in [3.05, 3.63) is 170 Å². The van der Waals surface area contributed by atoms with Gasteiger partial charge in [0.15, 0.2) is 6.10 Å². The quantitative estimate of drug-likeness (QED) is 0.0264. The first kappa shape index (κ1) is 94.4. The lowest BCUT2D eigenvalue weighted by Crippen LogP contribution is -2.29. The van der Waals surface area contributed by atoms with Crippen molar-refractivity contribution < 1.29 is 37.6 Å². The number of hydrogen-bond donors (Lipinski definition) is 2. The summed E-state index contributed by atoms with van der Waals surface area (Å²) in [6, 6.07) is 0. The minimum Gasteiger partial charge on any atom is -0.462 e. The second-order valence-electron chi connectivity index (χ2n) is 26.5. The molecule has 0 aliphatic rings. The molecule has 0 saturated carbocycles. The van der Waals surface area contributed by atoms with Crippen LogP contribution in [0.1, 0.15) is 348 Å². The van der Waals surface area contributed by atoms with Gasteiger partial charge < -0.3 is 20.1 Å². The van der Waals surface area contributed by atoms with Gasteiger partial charge in [0, 0.05) is 19.4 Å². The molecule has 0 saturated heterocycles. The van der Waals surface area contributed by atoms with Crippen LogP contribution in [0.3, 0.4) is 0 Å². The molecule has 0 aliphatic carbocycles. The standard InChI is InChI=1S/C89H150NO8P/c1-3-5-7-9-11-13-15-17-19-21-23-25-27-29-31-33-35-37-39-41-42-43-44-46-47-49-51-53-55-57-59-61-63-65-67-69-71-73-75-77-79-81-88(91)95-85-87(86-97-99(93,94)96-84-83-90)98-89(92)82-80-78-76-74-72-70-68-66-64-62-60-58-56-54-52-50-48-45-40-38-36-34-32-30-28-26-24-22-20-18-16-14-12-10-8-6-4-2/h5-8,11-14,17-20,23-26,29-32,36,38,45,48,52,54,58,60,87H,3-4,9-10,15-16,21-22,27-28,33-35,37,39-44,46-47,49-51,53,55-57,59,61-86,90H2,1-2H3,(H,93,94)/b7-5-,8-6-,13-11-,14-12-,19-17-,20-18-,25-23-,26-24-,31-29-,32-30-,38-36-,48-45-,54-52-,60-58-. The van der Waals surface area contributed by atoms with Gasteiger partial charge in [0.1, 0.15) is 6.61 Å². The van der Waals surface area contributed by atoms with E-state index in [1.165, 1.54) is 180 Å². The molecule has 0 rings (SSSR count). The first-order valence-electron chi connectivity index (χ1n) is 40.6. The fourth-order valence-electron chi connectivity index (χ4n) is 11.2. The van der Waals surface area contributed by atoms with Crippen LogP contribution in [0.2, 0.25) is 0 Å². The number of phosphoric acid groups is 1. The van der Waals surface area contributed by atoms with Gasteiger partial charge in [-0.15, -0.1) is 0 Å². The number of ether oxygens (including phenoxy) is 2. The van der Waals surface area contributed by atoms with Crippen molar-refractivity contribution in [1.82, 2.24) is 0 Å². The van der Waals surface area contributed by atoms with Crippen molar-refractivity contribution in [2.45, 2.75) is 354 Å². The third-order valence-electron chi connectivity index (χ3n) is 17.1. The highest BCUT2D eigenvalue weighted by Gasteiger charge is 2.26. The summed E-state index contributed by atoms with van der Waals surface area (Å²) in [5.41, 5.74) is 5.42. The summed E-state index contributed by atoms with van der Waals surface area (Å²) in [4.78, 5) is 35.5. The van der Waals surface area contributed by atoms with E-state index in [9.17, 15) is 19.0 Å². The Morgan fingerprint density at radius 1 is 0.303 bits per heavy atom. The van der Waals surface area contributed by atoms with Gasteiger partial charge in [-0.1, -0.05) is 377 Å². The monoisotopic (exact) mass is 1390 g/mol. The third-order valence-corrected chi connectivity index (χ3v) is 18.1. The number of carbonyl (C=O) groups is 2. The molecule has 0 aromatic heterocycles. The number of nitrogens with two attached hydrogens (primary N) is 1. The van der Waals surface area contributed by atoms with Crippen molar-refractivity contribution in [1.29, 1.82) is 0 Å². The predicted molar refractivity (Wildman–Crippen MR) is 431 cm³/mol. The van der Waals surface area contributed by atoms with Gasteiger partial charge in [-0.05, 0) is 128 Å². The molecule has 9 nitrogen and oxygen atoms in total. The topological polar surface area (TPSA) is 134 Å². The summed E-state index contributed by atoms with van der Waals surface area (Å²) in [7, 11) is -4.41. The zero-order chi connectivity index (χ0) is 71.5. The van der Waals surface area contributed by atoms with Gasteiger partial charge >= 0.3 is 19.8 Å². The lowest BCUT2D eigenvalue weighted by molar-refractivity contribution is -0.161. The van der Waals surface area contributed by atoms with Gasteiger partial charge in [-0.25, -0.2) is 4.57 Å². The smallest absolute Gasteiger partial charge is 0.462 e. The zero-order valence-corrected chi connectivity index (χ0v) is 64.6. The Kier molecular flexibility index (Phi) is 78.5. The molecule has 2 unspecified atom stereocenters. The fourth-order valence-corrected chi connectivity index (χ4v) is 12.0. The SMILES string of the molecule is CC/C=C\C/C=C\C/C=C\C/C=C\C/C=C\C/C=C\C/C=C\C/C=C\C/C=C\CCCCCCCCCCCC(=O)OC(COC(=O)CCCCCCCCCCCCCCCCCCCCCCCCCCC/C=C\C/C=C\C/C=C\C/C=C\C/C=C\CC)COP(=O)(O)OCCN. The summed E-state index contributed by atoms with van der Waals surface area (Å²) in [6.07, 6.45) is 122. The van der Waals surface area contributed by atoms with Crippen molar-refractivity contribution in [2.24, 2.45) is 5.73 Å². The molecule has 0 aliphatic heterocycles. The Bertz CT molecular complexity index is 2240. The van der Waals surface area contributed by atoms with Crippen LogP contribution in [0, 0.1) is 0 Å². The second kappa shape index (κ2) is 82.3. The van der Waals surface area contributed by atoms with Crippen molar-refractivity contribution >= 4 is 19.8 Å². The van der Waals surface area contributed by atoms with Gasteiger partial charge in [0.2, 0.25) is 0 Å². The van der Waals surface area contributed by atoms with Gasteiger partial charge in [-0.3, -0.25) is 18.6 Å². The van der Waals surface area contributed by atoms with Crippen LogP contribution >= 0.6 is 7.82 Å². The van der Waals surface area contributed by atoms with Crippen LogP contribution in [-0.2, 0) is 32.7 Å². The summed E-state index contributed by atoms with van der Waals surface area (Å²) in [5, 5.41) is 0. The van der Waals surface area contributed by atoms with Crippen molar-refractivity contribution in [3.63, 3.8) is 0 Å². The highest BCUT2D eigenvalue weighted by molar-refractivity contribution is 7.47. The number of carbonyl (C=O) groups excluding carboxylic acids is 2. The van der Waals surface area contributed by atoms with E-state index in [0.29, 0.717) is 6.42 Å². The van der Waals surface area contributed by atoms with Crippen LogP contribution in [0.4, 0.5) is 0 Å². The number of unbranched alkanes of at least 4 members (excludes halogenated alkanes) is 34. The molecule has 0 radical (unpaired) electrons. The summed E-state index contributed by atoms with van der Waals surface area (Å²) in [6.45, 7) is 3.53. The van der Waals surface area contributed by atoms with E-state index in [-0.39, 0.29) is 38.6 Å². The number of rotatable bonds is 75. The average molecular weight is 1390 g/mol. The molecule has 0 bridgehead atoms. The average Bonchev–Trinajstić information content (AvgIpc) is 1.64. The van der Waals surface area contributed by atoms with E-state index in [1.807, 2.05) is 0 Å². The summed E-state index contributed by atoms with van der Waals surface area (Å²) in [5.74, 6) is -0.830. The van der Waals surface area contributed by atoms with Crippen LogP contribution in [-0.4, -0.2) is 49.3 Å². The van der Waals surface area contributed by atoms with E-state index in [4.69, 9.17) is 24.3 Å². The van der Waals surface area contributed by atoms with E-state index < -0.39 is 26.5 Å². The Morgan fingerprint density at radius 3 is 0.778 bits per heavy atom. The molecular weight excluding hydrogens is 1240 g/mol. The van der Waals surface area contributed by atoms with Crippen LogP contribution in [0.5, 0.6) is 0 Å². The number of esters is 2. The Morgan fingerprint density at radius 2 is 0.525 bits per heavy atom. The van der Waals surface area contributed by atoms with Gasteiger partial charge in [0.25, 0.3) is 0 Å². The number of hydrogen-bond acceptors (Lipinski definition) is 8. The molecule has 2 atom stereocenters. The molecular formula is C89H150NO8P. The largest absolute Gasteiger partial charge is 0.472 e. The highest BCUT2D eigenvalue weighted by atomic mass is 31.2. The number of allylic oxidation sites excluding steroid dienone is 28. The Hall–Kier alpha value is -4.63. The normalized spacial score (nSPS) is 13.8. The molecule has 564 valence electrons. The summed E-state index contributed by atoms with van der Waals surface area (Å²) >= 11 is 0. The second-order valence-corrected chi connectivity index (χ2v) is 28.0. The Balaban J connectivity index is 3.84. The van der Waals surface area contributed by atoms with Crippen molar-refractivity contribution in [3.8, 4) is 0 Å². The molecule has 0 fully saturated rings. The van der Waals surface area contributed by atoms with E-state index >= 15 is 0 Å². The maximum absolute atomic E-state index is 12.8. The molecule has 0 aromatic rings. The van der Waals surface area contributed by atoms with Gasteiger partial charge in [0.05, 0.1) is 13.2 Å². The third kappa shape index (κ3) is 82.2. The maximum Gasteiger partial charge on any atom is 0.472 e. The molecule has 99 heavy (non-hydrogen) atoms. The first-order chi connectivity index (χ1) is 48.8. The summed E-state index contributed by atoms with van der Waals surface area (Å²) < 4.78 is 33.3. The predicted octanol–water partition coefficient (Wildman–Crippen LogP) is 27.6. The fraction of sp³-hybridized carbons (Fsp3) is 0.663.